The lowest BCUT2D eigenvalue weighted by atomic mass is 9.89. The highest BCUT2D eigenvalue weighted by atomic mass is 19.2. The van der Waals surface area contributed by atoms with Crippen LogP contribution in [0.25, 0.3) is 0 Å². The van der Waals surface area contributed by atoms with E-state index in [4.69, 9.17) is 0 Å². The van der Waals surface area contributed by atoms with E-state index < -0.39 is 17.5 Å². The molecule has 0 radical (unpaired) electrons. The number of rotatable bonds is 1. The second-order valence-corrected chi connectivity index (χ2v) is 4.37. The van der Waals surface area contributed by atoms with Crippen molar-refractivity contribution in [1.29, 1.82) is 0 Å². The van der Waals surface area contributed by atoms with Crippen LogP contribution in [0.15, 0.2) is 12.1 Å². The van der Waals surface area contributed by atoms with E-state index in [2.05, 4.69) is 4.90 Å². The first-order valence-corrected chi connectivity index (χ1v) is 5.41. The molecule has 0 aliphatic carbocycles. The van der Waals surface area contributed by atoms with Gasteiger partial charge in [0.1, 0.15) is 5.82 Å². The summed E-state index contributed by atoms with van der Waals surface area (Å²) in [7, 11) is 2.00. The van der Waals surface area contributed by atoms with Crippen molar-refractivity contribution >= 4 is 0 Å². The van der Waals surface area contributed by atoms with Crippen molar-refractivity contribution in [3.05, 3.63) is 35.1 Å². The number of piperidine rings is 1. The maximum atomic E-state index is 13.5. The molecule has 0 bridgehead atoms. The Hall–Kier alpha value is -1.03. The van der Waals surface area contributed by atoms with Crippen LogP contribution in [-0.4, -0.2) is 25.0 Å². The van der Waals surface area contributed by atoms with E-state index in [0.717, 1.165) is 32.0 Å². The van der Waals surface area contributed by atoms with Gasteiger partial charge in [0.15, 0.2) is 11.6 Å². The maximum absolute atomic E-state index is 13.5. The number of hydrogen-bond acceptors (Lipinski definition) is 1. The van der Waals surface area contributed by atoms with Gasteiger partial charge in [-0.2, -0.15) is 0 Å². The van der Waals surface area contributed by atoms with Gasteiger partial charge in [-0.1, -0.05) is 0 Å². The molecular formula is C12H14F3N. The van der Waals surface area contributed by atoms with Gasteiger partial charge in [0, 0.05) is 6.07 Å². The summed E-state index contributed by atoms with van der Waals surface area (Å²) in [5.74, 6) is -2.70. The molecule has 88 valence electrons. The van der Waals surface area contributed by atoms with Crippen LogP contribution >= 0.6 is 0 Å². The van der Waals surface area contributed by atoms with Crippen LogP contribution in [0.2, 0.25) is 0 Å². The summed E-state index contributed by atoms with van der Waals surface area (Å²) in [5, 5.41) is 0. The van der Waals surface area contributed by atoms with E-state index in [-0.39, 0.29) is 5.92 Å². The highest BCUT2D eigenvalue weighted by Crippen LogP contribution is 2.30. The molecule has 1 nitrogen and oxygen atoms in total. The lowest BCUT2D eigenvalue weighted by molar-refractivity contribution is 0.252. The number of halogens is 3. The zero-order valence-electron chi connectivity index (χ0n) is 9.14. The topological polar surface area (TPSA) is 3.24 Å². The Morgan fingerprint density at radius 2 is 1.56 bits per heavy atom. The molecule has 0 spiro atoms. The normalized spacial score (nSPS) is 19.0. The second-order valence-electron chi connectivity index (χ2n) is 4.37. The fraction of sp³-hybridized carbons (Fsp3) is 0.500. The summed E-state index contributed by atoms with van der Waals surface area (Å²) >= 11 is 0. The number of nitrogens with zero attached hydrogens (tertiary/aromatic N) is 1. The summed E-state index contributed by atoms with van der Waals surface area (Å²) in [6.45, 7) is 1.73. The summed E-state index contributed by atoms with van der Waals surface area (Å²) < 4.78 is 39.3. The summed E-state index contributed by atoms with van der Waals surface area (Å²) in [5.41, 5.74) is 0.312. The van der Waals surface area contributed by atoms with Crippen molar-refractivity contribution in [1.82, 2.24) is 4.90 Å². The van der Waals surface area contributed by atoms with Gasteiger partial charge in [0.2, 0.25) is 0 Å². The fourth-order valence-electron chi connectivity index (χ4n) is 2.17. The van der Waals surface area contributed by atoms with Crippen molar-refractivity contribution in [3.63, 3.8) is 0 Å². The minimum Gasteiger partial charge on any atom is -0.306 e. The van der Waals surface area contributed by atoms with Crippen molar-refractivity contribution < 1.29 is 13.2 Å². The Labute approximate surface area is 92.9 Å². The molecule has 0 aromatic heterocycles. The molecule has 1 aromatic rings. The average molecular weight is 229 g/mol. The third-order valence-corrected chi connectivity index (χ3v) is 3.20. The molecule has 2 rings (SSSR count). The summed E-state index contributed by atoms with van der Waals surface area (Å²) in [6, 6.07) is 1.64. The van der Waals surface area contributed by atoms with E-state index in [1.165, 1.54) is 0 Å². The van der Waals surface area contributed by atoms with E-state index in [9.17, 15) is 13.2 Å². The Morgan fingerprint density at radius 3 is 2.19 bits per heavy atom. The second kappa shape index (κ2) is 4.45. The minimum atomic E-state index is -1.12. The molecule has 0 N–H and O–H groups in total. The molecule has 0 atom stereocenters. The summed E-state index contributed by atoms with van der Waals surface area (Å²) in [4.78, 5) is 2.15. The number of likely N-dealkylation sites (tertiary alicyclic amines) is 1. The standard InChI is InChI=1S/C12H14F3N/c1-16-4-2-8(3-5-16)9-6-11(14)12(15)7-10(9)13/h6-8H,2-5H2,1H3. The van der Waals surface area contributed by atoms with E-state index >= 15 is 0 Å². The maximum Gasteiger partial charge on any atom is 0.161 e. The number of benzene rings is 1. The highest BCUT2D eigenvalue weighted by Gasteiger charge is 2.22. The van der Waals surface area contributed by atoms with Gasteiger partial charge in [0.05, 0.1) is 0 Å². The smallest absolute Gasteiger partial charge is 0.161 e. The molecule has 4 heteroatoms. The van der Waals surface area contributed by atoms with Crippen LogP contribution in [0.3, 0.4) is 0 Å². The molecule has 1 heterocycles. The Bertz CT molecular complexity index is 384. The van der Waals surface area contributed by atoms with E-state index in [0.29, 0.717) is 11.6 Å². The van der Waals surface area contributed by atoms with Gasteiger partial charge in [-0.3, -0.25) is 0 Å². The largest absolute Gasteiger partial charge is 0.306 e. The van der Waals surface area contributed by atoms with Crippen LogP contribution < -0.4 is 0 Å². The minimum absolute atomic E-state index is 0.00583. The fourth-order valence-corrected chi connectivity index (χ4v) is 2.17. The lowest BCUT2D eigenvalue weighted by Gasteiger charge is -2.29. The van der Waals surface area contributed by atoms with Crippen LogP contribution in [0, 0.1) is 17.5 Å². The predicted octanol–water partition coefficient (Wildman–Crippen LogP) is 2.91. The molecular weight excluding hydrogens is 215 g/mol. The van der Waals surface area contributed by atoms with Gasteiger partial charge in [0.25, 0.3) is 0 Å². The third-order valence-electron chi connectivity index (χ3n) is 3.20. The van der Waals surface area contributed by atoms with Crippen LogP contribution in [-0.2, 0) is 0 Å². The third kappa shape index (κ3) is 2.21. The molecule has 1 aliphatic rings. The van der Waals surface area contributed by atoms with Crippen molar-refractivity contribution in [3.8, 4) is 0 Å². The SMILES string of the molecule is CN1CCC(c2cc(F)c(F)cc2F)CC1. The Kier molecular flexibility index (Phi) is 3.19. The zero-order valence-corrected chi connectivity index (χ0v) is 9.14. The van der Waals surface area contributed by atoms with Crippen molar-refractivity contribution in [2.24, 2.45) is 0 Å². The van der Waals surface area contributed by atoms with Gasteiger partial charge in [-0.15, -0.1) is 0 Å². The first-order chi connectivity index (χ1) is 7.58. The van der Waals surface area contributed by atoms with Crippen molar-refractivity contribution in [2.45, 2.75) is 18.8 Å². The molecule has 1 fully saturated rings. The van der Waals surface area contributed by atoms with E-state index in [1.807, 2.05) is 7.05 Å². The quantitative estimate of drug-likeness (QED) is 0.669. The first kappa shape index (κ1) is 11.5. The van der Waals surface area contributed by atoms with E-state index in [1.54, 1.807) is 0 Å². The van der Waals surface area contributed by atoms with Crippen LogP contribution in [0.1, 0.15) is 24.3 Å². The molecule has 1 aromatic carbocycles. The molecule has 1 aliphatic heterocycles. The zero-order chi connectivity index (χ0) is 11.7. The Morgan fingerprint density at radius 1 is 1.00 bits per heavy atom. The predicted molar refractivity (Wildman–Crippen MR) is 55.8 cm³/mol. The lowest BCUT2D eigenvalue weighted by Crippen LogP contribution is -2.29. The highest BCUT2D eigenvalue weighted by molar-refractivity contribution is 5.24. The van der Waals surface area contributed by atoms with Crippen LogP contribution in [0.5, 0.6) is 0 Å². The van der Waals surface area contributed by atoms with Crippen LogP contribution in [0.4, 0.5) is 13.2 Å². The molecule has 0 saturated carbocycles. The van der Waals surface area contributed by atoms with Crippen molar-refractivity contribution in [2.75, 3.05) is 20.1 Å². The monoisotopic (exact) mass is 229 g/mol. The van der Waals surface area contributed by atoms with Gasteiger partial charge >= 0.3 is 0 Å². The molecule has 16 heavy (non-hydrogen) atoms. The number of hydrogen-bond donors (Lipinski definition) is 0. The average Bonchev–Trinajstić information content (AvgIpc) is 2.25. The molecule has 0 amide bonds. The summed E-state index contributed by atoms with van der Waals surface area (Å²) in [6.07, 6.45) is 1.58. The first-order valence-electron chi connectivity index (χ1n) is 5.41. The molecule has 1 saturated heterocycles. The van der Waals surface area contributed by atoms with Gasteiger partial charge in [-0.25, -0.2) is 13.2 Å². The van der Waals surface area contributed by atoms with Gasteiger partial charge in [-0.05, 0) is 50.5 Å². The van der Waals surface area contributed by atoms with Gasteiger partial charge < -0.3 is 4.90 Å². The Balaban J connectivity index is 2.23. The molecule has 0 unspecified atom stereocenters.